The maximum absolute atomic E-state index is 12.6. The number of piperazine rings is 1. The molecule has 1 atom stereocenters. The van der Waals surface area contributed by atoms with Gasteiger partial charge in [-0.15, -0.1) is 0 Å². The minimum Gasteiger partial charge on any atom is -0.497 e. The molecule has 156 valence electrons. The van der Waals surface area contributed by atoms with Crippen molar-refractivity contribution in [3.63, 3.8) is 0 Å². The number of anilines is 1. The lowest BCUT2D eigenvalue weighted by molar-refractivity contribution is -0.134. The fraction of sp³-hybridized carbons (Fsp3) is 0.476. The molecule has 8 nitrogen and oxygen atoms in total. The van der Waals surface area contributed by atoms with Gasteiger partial charge in [0.2, 0.25) is 11.8 Å². The second-order valence-electron chi connectivity index (χ2n) is 7.27. The number of hydrogen-bond donors (Lipinski definition) is 1. The quantitative estimate of drug-likeness (QED) is 0.804. The number of nitrogens with one attached hydrogen (secondary N) is 1. The summed E-state index contributed by atoms with van der Waals surface area (Å²) in [5.74, 6) is 0.740. The number of aryl methyl sites for hydroxylation is 2. The minimum atomic E-state index is -0.0930. The van der Waals surface area contributed by atoms with Crippen LogP contribution in [0.15, 0.2) is 30.5 Å². The van der Waals surface area contributed by atoms with Gasteiger partial charge < -0.3 is 15.0 Å². The van der Waals surface area contributed by atoms with Crippen molar-refractivity contribution in [2.75, 3.05) is 38.6 Å². The Hall–Kier alpha value is -2.87. The Balaban J connectivity index is 1.67. The molecule has 1 aliphatic rings. The van der Waals surface area contributed by atoms with Gasteiger partial charge in [0.25, 0.3) is 0 Å². The Kier molecular flexibility index (Phi) is 6.53. The molecule has 2 amide bonds. The lowest BCUT2D eigenvalue weighted by Gasteiger charge is -2.41. The minimum absolute atomic E-state index is 0.0394. The van der Waals surface area contributed by atoms with Crippen LogP contribution in [0.1, 0.15) is 31.1 Å². The number of amides is 2. The number of nitrogens with zero attached hydrogens (tertiary/aromatic N) is 4. The summed E-state index contributed by atoms with van der Waals surface area (Å²) in [4.78, 5) is 28.7. The largest absolute Gasteiger partial charge is 0.497 e. The van der Waals surface area contributed by atoms with Gasteiger partial charge >= 0.3 is 0 Å². The molecule has 2 heterocycles. The van der Waals surface area contributed by atoms with Gasteiger partial charge in [-0.1, -0.05) is 12.1 Å². The molecule has 1 saturated heterocycles. The number of ether oxygens (including phenoxy) is 1. The molecule has 1 fully saturated rings. The fourth-order valence-corrected chi connectivity index (χ4v) is 3.67. The third-order valence-electron chi connectivity index (χ3n) is 5.28. The van der Waals surface area contributed by atoms with Crippen molar-refractivity contribution in [2.45, 2.75) is 33.4 Å². The van der Waals surface area contributed by atoms with E-state index in [2.05, 4.69) is 15.3 Å². The van der Waals surface area contributed by atoms with Gasteiger partial charge in [0.1, 0.15) is 5.75 Å². The van der Waals surface area contributed by atoms with Crippen LogP contribution in [0.5, 0.6) is 5.75 Å². The van der Waals surface area contributed by atoms with E-state index in [-0.39, 0.29) is 24.4 Å². The van der Waals surface area contributed by atoms with Crippen LogP contribution in [0, 0.1) is 6.92 Å². The molecule has 8 heteroatoms. The molecule has 3 rings (SSSR count). The van der Waals surface area contributed by atoms with Gasteiger partial charge in [-0.05, 0) is 31.5 Å². The Morgan fingerprint density at radius 1 is 1.24 bits per heavy atom. The van der Waals surface area contributed by atoms with Crippen molar-refractivity contribution < 1.29 is 14.3 Å². The summed E-state index contributed by atoms with van der Waals surface area (Å²) in [7, 11) is 1.63. The zero-order chi connectivity index (χ0) is 21.0. The predicted molar refractivity (Wildman–Crippen MR) is 111 cm³/mol. The molecule has 0 spiro atoms. The van der Waals surface area contributed by atoms with E-state index in [9.17, 15) is 9.59 Å². The van der Waals surface area contributed by atoms with Gasteiger partial charge in [-0.2, -0.15) is 5.10 Å². The summed E-state index contributed by atoms with van der Waals surface area (Å²) >= 11 is 0. The maximum atomic E-state index is 12.6. The second-order valence-corrected chi connectivity index (χ2v) is 7.27. The van der Waals surface area contributed by atoms with E-state index in [1.165, 1.54) is 0 Å². The number of aromatic nitrogens is 2. The van der Waals surface area contributed by atoms with Crippen molar-refractivity contribution in [1.29, 1.82) is 0 Å². The van der Waals surface area contributed by atoms with Crippen molar-refractivity contribution in [1.82, 2.24) is 19.6 Å². The van der Waals surface area contributed by atoms with Gasteiger partial charge in [0, 0.05) is 39.3 Å². The van der Waals surface area contributed by atoms with E-state index in [0.29, 0.717) is 19.6 Å². The number of methoxy groups -OCH3 is 1. The number of hydrogen-bond acceptors (Lipinski definition) is 5. The van der Waals surface area contributed by atoms with Crippen LogP contribution in [0.4, 0.5) is 5.69 Å². The van der Waals surface area contributed by atoms with Crippen molar-refractivity contribution in [3.05, 3.63) is 41.7 Å². The van der Waals surface area contributed by atoms with Crippen LogP contribution in [-0.4, -0.2) is 64.7 Å². The summed E-state index contributed by atoms with van der Waals surface area (Å²) in [6.45, 7) is 8.36. The maximum Gasteiger partial charge on any atom is 0.238 e. The number of rotatable bonds is 6. The van der Waals surface area contributed by atoms with Gasteiger partial charge in [-0.25, -0.2) is 0 Å². The Bertz CT molecular complexity index is 862. The highest BCUT2D eigenvalue weighted by molar-refractivity contribution is 5.92. The summed E-state index contributed by atoms with van der Waals surface area (Å²) in [5, 5.41) is 7.31. The van der Waals surface area contributed by atoms with Crippen LogP contribution in [0.2, 0.25) is 0 Å². The first-order valence-corrected chi connectivity index (χ1v) is 9.88. The standard InChI is InChI=1S/C21H29N5O3/c1-5-25-12-19(15(2)23-25)22-21(28)14-24-10-11-26(16(3)27)20(13-24)17-6-8-18(29-4)9-7-17/h6-9,12,20H,5,10-11,13-14H2,1-4H3,(H,22,28)/t20-/m0/s1. The highest BCUT2D eigenvalue weighted by Crippen LogP contribution is 2.27. The monoisotopic (exact) mass is 399 g/mol. The molecule has 1 aliphatic heterocycles. The molecule has 1 N–H and O–H groups in total. The molecule has 29 heavy (non-hydrogen) atoms. The van der Waals surface area contributed by atoms with E-state index in [1.807, 2.05) is 49.2 Å². The Morgan fingerprint density at radius 3 is 2.55 bits per heavy atom. The molecular formula is C21H29N5O3. The van der Waals surface area contributed by atoms with Crippen LogP contribution >= 0.6 is 0 Å². The third kappa shape index (κ3) is 4.95. The average Bonchev–Trinajstić information content (AvgIpc) is 3.07. The van der Waals surface area contributed by atoms with Crippen LogP contribution < -0.4 is 10.1 Å². The molecular weight excluding hydrogens is 370 g/mol. The van der Waals surface area contributed by atoms with E-state index in [1.54, 1.807) is 18.7 Å². The van der Waals surface area contributed by atoms with Crippen molar-refractivity contribution in [2.24, 2.45) is 0 Å². The highest BCUT2D eigenvalue weighted by atomic mass is 16.5. The van der Waals surface area contributed by atoms with Crippen molar-refractivity contribution in [3.8, 4) is 5.75 Å². The van der Waals surface area contributed by atoms with E-state index >= 15 is 0 Å². The second kappa shape index (κ2) is 9.09. The molecule has 0 saturated carbocycles. The number of carbonyl (C=O) groups is 2. The molecule has 1 aromatic heterocycles. The Morgan fingerprint density at radius 2 is 1.97 bits per heavy atom. The zero-order valence-electron chi connectivity index (χ0n) is 17.5. The Labute approximate surface area is 171 Å². The van der Waals surface area contributed by atoms with Gasteiger partial charge in [0.05, 0.1) is 31.1 Å². The van der Waals surface area contributed by atoms with Crippen LogP contribution in [0.3, 0.4) is 0 Å². The lowest BCUT2D eigenvalue weighted by Crippen LogP contribution is -2.51. The molecule has 0 unspecified atom stereocenters. The summed E-state index contributed by atoms with van der Waals surface area (Å²) in [5.41, 5.74) is 2.58. The first-order chi connectivity index (χ1) is 13.9. The number of carbonyl (C=O) groups excluding carboxylic acids is 2. The molecule has 0 aliphatic carbocycles. The fourth-order valence-electron chi connectivity index (χ4n) is 3.67. The number of benzene rings is 1. The molecule has 0 bridgehead atoms. The average molecular weight is 399 g/mol. The van der Waals surface area contributed by atoms with E-state index in [0.717, 1.165) is 29.2 Å². The lowest BCUT2D eigenvalue weighted by atomic mass is 10.0. The SMILES string of the molecule is CCn1cc(NC(=O)CN2CCN(C(C)=O)[C@H](c3ccc(OC)cc3)C2)c(C)n1. The smallest absolute Gasteiger partial charge is 0.238 e. The normalized spacial score (nSPS) is 17.2. The first kappa shape index (κ1) is 20.9. The summed E-state index contributed by atoms with van der Waals surface area (Å²) in [6.07, 6.45) is 1.85. The first-order valence-electron chi connectivity index (χ1n) is 9.88. The van der Waals surface area contributed by atoms with E-state index in [4.69, 9.17) is 4.74 Å². The topological polar surface area (TPSA) is 79.7 Å². The summed E-state index contributed by atoms with van der Waals surface area (Å²) in [6, 6.07) is 7.65. The summed E-state index contributed by atoms with van der Waals surface area (Å²) < 4.78 is 7.03. The molecule has 0 radical (unpaired) electrons. The highest BCUT2D eigenvalue weighted by Gasteiger charge is 2.30. The van der Waals surface area contributed by atoms with Gasteiger partial charge in [0.15, 0.2) is 0 Å². The van der Waals surface area contributed by atoms with E-state index < -0.39 is 0 Å². The van der Waals surface area contributed by atoms with Crippen LogP contribution in [-0.2, 0) is 16.1 Å². The van der Waals surface area contributed by atoms with Crippen molar-refractivity contribution >= 4 is 17.5 Å². The predicted octanol–water partition coefficient (Wildman–Crippen LogP) is 2.06. The zero-order valence-corrected chi connectivity index (χ0v) is 17.5. The molecule has 2 aromatic rings. The third-order valence-corrected chi connectivity index (χ3v) is 5.28. The molecule has 1 aromatic carbocycles. The van der Waals surface area contributed by atoms with Crippen LogP contribution in [0.25, 0.3) is 0 Å². The van der Waals surface area contributed by atoms with Gasteiger partial charge in [-0.3, -0.25) is 19.2 Å².